The largest absolute Gasteiger partial charge is 0.479 e. The van der Waals surface area contributed by atoms with Crippen LogP contribution in [0.25, 0.3) is 0 Å². The Kier molecular flexibility index (Phi) is 3.67. The van der Waals surface area contributed by atoms with Gasteiger partial charge in [0.1, 0.15) is 5.60 Å². The maximum atomic E-state index is 13.3. The lowest BCUT2D eigenvalue weighted by Crippen LogP contribution is -2.51. The van der Waals surface area contributed by atoms with E-state index in [1.807, 2.05) is 13.8 Å². The minimum atomic E-state index is -2.23. The predicted molar refractivity (Wildman–Crippen MR) is 51.3 cm³/mol. The van der Waals surface area contributed by atoms with Crippen molar-refractivity contribution in [1.82, 2.24) is 0 Å². The van der Waals surface area contributed by atoms with Crippen molar-refractivity contribution >= 4 is 5.97 Å². The highest BCUT2D eigenvalue weighted by molar-refractivity contribution is 5.73. The lowest BCUT2D eigenvalue weighted by atomic mass is 9.83. The summed E-state index contributed by atoms with van der Waals surface area (Å²) in [5.41, 5.74) is -1.78. The molecule has 0 aromatic carbocycles. The van der Waals surface area contributed by atoms with E-state index in [2.05, 4.69) is 0 Å². The number of ether oxygens (including phenoxy) is 1. The van der Waals surface area contributed by atoms with Crippen molar-refractivity contribution in [2.45, 2.75) is 44.6 Å². The molecule has 0 saturated carbocycles. The third kappa shape index (κ3) is 2.66. The molecule has 88 valence electrons. The molecule has 4 nitrogen and oxygen atoms in total. The van der Waals surface area contributed by atoms with Crippen LogP contribution in [0.2, 0.25) is 0 Å². The van der Waals surface area contributed by atoms with Gasteiger partial charge in [-0.25, -0.2) is 9.18 Å². The van der Waals surface area contributed by atoms with E-state index in [-0.39, 0.29) is 31.5 Å². The first-order chi connectivity index (χ1) is 6.87. The number of alkyl halides is 1. The number of aliphatic hydroxyl groups is 1. The van der Waals surface area contributed by atoms with Crippen molar-refractivity contribution in [1.29, 1.82) is 0 Å². The highest BCUT2D eigenvalue weighted by Crippen LogP contribution is 2.32. The molecule has 15 heavy (non-hydrogen) atoms. The zero-order chi connectivity index (χ0) is 11.6. The quantitative estimate of drug-likeness (QED) is 0.744. The molecule has 2 N–H and O–H groups in total. The molecule has 0 amide bonds. The van der Waals surface area contributed by atoms with Crippen LogP contribution in [0.3, 0.4) is 0 Å². The number of hydrogen-bond donors (Lipinski definition) is 2. The van der Waals surface area contributed by atoms with Crippen molar-refractivity contribution in [3.05, 3.63) is 0 Å². The van der Waals surface area contributed by atoms with Crippen LogP contribution < -0.4 is 0 Å². The Hall–Kier alpha value is -0.680. The van der Waals surface area contributed by atoms with Gasteiger partial charge in [-0.05, 0) is 5.92 Å². The fraction of sp³-hybridized carbons (Fsp3) is 0.900. The van der Waals surface area contributed by atoms with E-state index in [9.17, 15) is 14.3 Å². The Bertz CT molecular complexity index is 244. The number of hydrogen-bond acceptors (Lipinski definition) is 3. The molecule has 1 aliphatic heterocycles. The molecule has 0 aliphatic carbocycles. The average molecular weight is 220 g/mol. The topological polar surface area (TPSA) is 66.8 Å². The van der Waals surface area contributed by atoms with Crippen molar-refractivity contribution in [2.24, 2.45) is 5.92 Å². The second-order valence-electron chi connectivity index (χ2n) is 4.41. The maximum Gasteiger partial charge on any atom is 0.341 e. The van der Waals surface area contributed by atoms with Gasteiger partial charge in [0, 0.05) is 19.4 Å². The Morgan fingerprint density at radius 3 is 2.67 bits per heavy atom. The number of carbonyl (C=O) groups is 1. The summed E-state index contributed by atoms with van der Waals surface area (Å²) in [6, 6.07) is 0. The third-order valence-corrected chi connectivity index (χ3v) is 2.85. The van der Waals surface area contributed by atoms with Gasteiger partial charge in [0.05, 0.1) is 6.10 Å². The minimum Gasteiger partial charge on any atom is -0.479 e. The summed E-state index contributed by atoms with van der Waals surface area (Å²) in [4.78, 5) is 10.5. The number of halogens is 1. The van der Waals surface area contributed by atoms with Gasteiger partial charge in [-0.3, -0.25) is 0 Å². The summed E-state index contributed by atoms with van der Waals surface area (Å²) in [7, 11) is 0. The van der Waals surface area contributed by atoms with Crippen LogP contribution in [0, 0.1) is 5.92 Å². The number of rotatable bonds is 3. The van der Waals surface area contributed by atoms with Crippen LogP contribution in [0.15, 0.2) is 0 Å². The van der Waals surface area contributed by atoms with E-state index < -0.39 is 17.7 Å². The van der Waals surface area contributed by atoms with E-state index in [1.165, 1.54) is 0 Å². The standard InChI is InChI=1S/C10H17FO4/c1-6(2)7-5-10(14,3-4-15-7)8(11)9(12)13/h6-8,14H,3-5H2,1-2H3,(H,12,13). The van der Waals surface area contributed by atoms with Gasteiger partial charge in [-0.15, -0.1) is 0 Å². The van der Waals surface area contributed by atoms with E-state index in [4.69, 9.17) is 9.84 Å². The Labute approximate surface area is 88.0 Å². The molecule has 3 atom stereocenters. The molecule has 1 heterocycles. The monoisotopic (exact) mass is 220 g/mol. The van der Waals surface area contributed by atoms with Crippen molar-refractivity contribution in [3.63, 3.8) is 0 Å². The van der Waals surface area contributed by atoms with Gasteiger partial charge >= 0.3 is 5.97 Å². The molecule has 5 heteroatoms. The fourth-order valence-electron chi connectivity index (χ4n) is 1.78. The molecule has 1 saturated heterocycles. The highest BCUT2D eigenvalue weighted by Gasteiger charge is 2.46. The lowest BCUT2D eigenvalue weighted by Gasteiger charge is -2.38. The molecule has 3 unspecified atom stereocenters. The summed E-state index contributed by atoms with van der Waals surface area (Å²) in [5, 5.41) is 18.4. The second-order valence-corrected chi connectivity index (χ2v) is 4.41. The Morgan fingerprint density at radius 2 is 2.20 bits per heavy atom. The van der Waals surface area contributed by atoms with Crippen LogP contribution in [0.5, 0.6) is 0 Å². The second kappa shape index (κ2) is 4.45. The molecule has 0 aromatic heterocycles. The van der Waals surface area contributed by atoms with E-state index >= 15 is 0 Å². The maximum absolute atomic E-state index is 13.3. The van der Waals surface area contributed by atoms with Crippen LogP contribution in [0.4, 0.5) is 4.39 Å². The summed E-state index contributed by atoms with van der Waals surface area (Å²) in [6.07, 6.45) is -2.44. The first kappa shape index (κ1) is 12.4. The van der Waals surface area contributed by atoms with E-state index in [1.54, 1.807) is 0 Å². The Balaban J connectivity index is 2.72. The summed E-state index contributed by atoms with van der Waals surface area (Å²) >= 11 is 0. The van der Waals surface area contributed by atoms with Gasteiger partial charge < -0.3 is 14.9 Å². The summed E-state index contributed by atoms with van der Waals surface area (Å²) < 4.78 is 18.7. The summed E-state index contributed by atoms with van der Waals surface area (Å²) in [5.74, 6) is -1.47. The molecule has 1 fully saturated rings. The van der Waals surface area contributed by atoms with Gasteiger partial charge in [-0.1, -0.05) is 13.8 Å². The van der Waals surface area contributed by atoms with Crippen LogP contribution >= 0.6 is 0 Å². The van der Waals surface area contributed by atoms with Crippen LogP contribution in [-0.2, 0) is 9.53 Å². The molecular weight excluding hydrogens is 203 g/mol. The molecule has 0 spiro atoms. The molecule has 0 aromatic rings. The molecule has 0 bridgehead atoms. The molecular formula is C10H17FO4. The molecule has 0 radical (unpaired) electrons. The van der Waals surface area contributed by atoms with Crippen molar-refractivity contribution < 1.29 is 24.1 Å². The van der Waals surface area contributed by atoms with Crippen LogP contribution in [0.1, 0.15) is 26.7 Å². The van der Waals surface area contributed by atoms with Crippen molar-refractivity contribution in [2.75, 3.05) is 6.61 Å². The predicted octanol–water partition coefficient (Wildman–Crippen LogP) is 0.975. The highest BCUT2D eigenvalue weighted by atomic mass is 19.1. The average Bonchev–Trinajstić information content (AvgIpc) is 2.16. The molecule has 1 rings (SSSR count). The van der Waals surface area contributed by atoms with Gasteiger partial charge in [-0.2, -0.15) is 0 Å². The van der Waals surface area contributed by atoms with Gasteiger partial charge in [0.25, 0.3) is 0 Å². The SMILES string of the molecule is CC(C)C1CC(O)(C(F)C(=O)O)CCO1. The lowest BCUT2D eigenvalue weighted by molar-refractivity contribution is -0.173. The molecule has 1 aliphatic rings. The fourth-order valence-corrected chi connectivity index (χ4v) is 1.78. The zero-order valence-electron chi connectivity index (χ0n) is 8.94. The van der Waals surface area contributed by atoms with Gasteiger partial charge in [0.2, 0.25) is 6.17 Å². The minimum absolute atomic E-state index is 0.0314. The normalized spacial score (nSPS) is 34.1. The smallest absolute Gasteiger partial charge is 0.341 e. The van der Waals surface area contributed by atoms with E-state index in [0.29, 0.717) is 0 Å². The number of aliphatic carboxylic acids is 1. The number of carboxylic acid groups (broad SMARTS) is 1. The van der Waals surface area contributed by atoms with E-state index in [0.717, 1.165) is 0 Å². The summed E-state index contributed by atoms with van der Waals surface area (Å²) in [6.45, 7) is 3.99. The first-order valence-corrected chi connectivity index (χ1v) is 5.07. The zero-order valence-corrected chi connectivity index (χ0v) is 8.94. The first-order valence-electron chi connectivity index (χ1n) is 5.07. The van der Waals surface area contributed by atoms with Crippen molar-refractivity contribution in [3.8, 4) is 0 Å². The van der Waals surface area contributed by atoms with Gasteiger partial charge in [0.15, 0.2) is 0 Å². The third-order valence-electron chi connectivity index (χ3n) is 2.85. The number of carboxylic acids is 1. The van der Waals surface area contributed by atoms with Crippen LogP contribution in [-0.4, -0.2) is 40.7 Å². The Morgan fingerprint density at radius 1 is 1.60 bits per heavy atom.